The van der Waals surface area contributed by atoms with E-state index in [1.807, 2.05) is 17.6 Å². The summed E-state index contributed by atoms with van der Waals surface area (Å²) >= 11 is 0. The number of nitrogens with zero attached hydrogens (tertiary/aromatic N) is 5. The van der Waals surface area contributed by atoms with Crippen molar-refractivity contribution in [3.8, 4) is 11.8 Å². The van der Waals surface area contributed by atoms with E-state index >= 15 is 0 Å². The molecule has 0 saturated heterocycles. The molecule has 1 aliphatic heterocycles. The number of nitrogens with one attached hydrogen (secondary N) is 1. The van der Waals surface area contributed by atoms with Crippen LogP contribution in [0.1, 0.15) is 24.4 Å². The second-order valence-corrected chi connectivity index (χ2v) is 5.68. The number of benzene rings is 1. The number of halogens is 1. The maximum absolute atomic E-state index is 14.0. The molecule has 3 heterocycles. The van der Waals surface area contributed by atoms with Crippen molar-refractivity contribution in [3.63, 3.8) is 0 Å². The molecule has 0 bridgehead atoms. The summed E-state index contributed by atoms with van der Waals surface area (Å²) in [6, 6.07) is 4.71. The average molecular weight is 339 g/mol. The molecule has 126 valence electrons. The van der Waals surface area contributed by atoms with Gasteiger partial charge in [-0.2, -0.15) is 10.2 Å². The zero-order valence-corrected chi connectivity index (χ0v) is 13.3. The van der Waals surface area contributed by atoms with Crippen LogP contribution >= 0.6 is 0 Å². The first-order chi connectivity index (χ1) is 12.1. The predicted molar refractivity (Wildman–Crippen MR) is 88.4 cm³/mol. The van der Waals surface area contributed by atoms with Crippen molar-refractivity contribution in [1.82, 2.24) is 19.5 Å². The summed E-state index contributed by atoms with van der Waals surface area (Å²) < 4.78 is 21.4. The minimum absolute atomic E-state index is 0.0704. The van der Waals surface area contributed by atoms with Crippen molar-refractivity contribution in [3.05, 3.63) is 35.5 Å². The van der Waals surface area contributed by atoms with Gasteiger partial charge < -0.3 is 20.4 Å². The number of nitriles is 1. The fourth-order valence-corrected chi connectivity index (χ4v) is 2.98. The monoisotopic (exact) mass is 339 g/mol. The van der Waals surface area contributed by atoms with E-state index in [1.165, 1.54) is 12.3 Å². The van der Waals surface area contributed by atoms with E-state index in [-0.39, 0.29) is 23.3 Å². The summed E-state index contributed by atoms with van der Waals surface area (Å²) in [5.74, 6) is 0.919. The van der Waals surface area contributed by atoms with Gasteiger partial charge in [0.2, 0.25) is 5.95 Å². The minimum atomic E-state index is -0.407. The molecule has 9 heteroatoms. The molecule has 3 aromatic rings. The number of rotatable bonds is 3. The molecule has 0 radical (unpaired) electrons. The standard InChI is InChI=1S/C16H14FN7O/c1-8(21-14-9(6-18)7-20-16(19)23-14)15-22-11-3-2-10(17)13-12(11)24(15)4-5-25-13/h2-3,7-8H,4-5H2,1H3,(H3,19,20,21,23). The Morgan fingerprint density at radius 2 is 2.28 bits per heavy atom. The summed E-state index contributed by atoms with van der Waals surface area (Å²) in [4.78, 5) is 12.5. The Morgan fingerprint density at radius 3 is 3.08 bits per heavy atom. The van der Waals surface area contributed by atoms with Crippen molar-refractivity contribution in [1.29, 1.82) is 5.26 Å². The quantitative estimate of drug-likeness (QED) is 0.750. The number of imidazole rings is 1. The fourth-order valence-electron chi connectivity index (χ4n) is 2.98. The van der Waals surface area contributed by atoms with E-state index < -0.39 is 5.82 Å². The molecule has 25 heavy (non-hydrogen) atoms. The topological polar surface area (TPSA) is 115 Å². The van der Waals surface area contributed by atoms with Crippen LogP contribution in [0.5, 0.6) is 5.75 Å². The van der Waals surface area contributed by atoms with Crippen LogP contribution in [0, 0.1) is 17.1 Å². The van der Waals surface area contributed by atoms with Gasteiger partial charge in [-0.15, -0.1) is 0 Å². The van der Waals surface area contributed by atoms with E-state index in [1.54, 1.807) is 6.07 Å². The second kappa shape index (κ2) is 5.59. The number of hydrogen-bond donors (Lipinski definition) is 2. The minimum Gasteiger partial charge on any atom is -0.486 e. The molecule has 0 aliphatic carbocycles. The lowest BCUT2D eigenvalue weighted by atomic mass is 10.2. The number of hydrogen-bond acceptors (Lipinski definition) is 7. The molecule has 2 aromatic heterocycles. The van der Waals surface area contributed by atoms with E-state index in [9.17, 15) is 9.65 Å². The Hall–Kier alpha value is -3.41. The summed E-state index contributed by atoms with van der Waals surface area (Å²) in [6.07, 6.45) is 1.37. The van der Waals surface area contributed by atoms with Crippen molar-refractivity contribution in [2.24, 2.45) is 0 Å². The van der Waals surface area contributed by atoms with Crippen molar-refractivity contribution < 1.29 is 9.13 Å². The van der Waals surface area contributed by atoms with E-state index in [0.717, 1.165) is 0 Å². The molecule has 3 N–H and O–H groups in total. The summed E-state index contributed by atoms with van der Waals surface area (Å²) in [7, 11) is 0. The molecule has 4 rings (SSSR count). The van der Waals surface area contributed by atoms with Crippen molar-refractivity contribution >= 4 is 22.8 Å². The molecule has 8 nitrogen and oxygen atoms in total. The normalized spacial score (nSPS) is 14.0. The van der Waals surface area contributed by atoms with Crippen LogP contribution in [0.15, 0.2) is 18.3 Å². The van der Waals surface area contributed by atoms with Gasteiger partial charge in [-0.3, -0.25) is 0 Å². The number of anilines is 2. The third-order valence-electron chi connectivity index (χ3n) is 4.07. The maximum atomic E-state index is 14.0. The Bertz CT molecular complexity index is 1020. The van der Waals surface area contributed by atoms with E-state index in [2.05, 4.69) is 20.3 Å². The number of nitrogen functional groups attached to an aromatic ring is 1. The van der Waals surface area contributed by atoms with Crippen LogP contribution in [-0.2, 0) is 6.54 Å². The van der Waals surface area contributed by atoms with Gasteiger partial charge in [-0.05, 0) is 19.1 Å². The van der Waals surface area contributed by atoms with Crippen LogP contribution in [0.25, 0.3) is 11.0 Å². The van der Waals surface area contributed by atoms with Gasteiger partial charge >= 0.3 is 0 Å². The van der Waals surface area contributed by atoms with Gasteiger partial charge in [-0.1, -0.05) is 0 Å². The highest BCUT2D eigenvalue weighted by Crippen LogP contribution is 2.34. The lowest BCUT2D eigenvalue weighted by Crippen LogP contribution is -2.21. The second-order valence-electron chi connectivity index (χ2n) is 5.68. The number of nitrogens with two attached hydrogens (primary N) is 1. The third kappa shape index (κ3) is 2.39. The van der Waals surface area contributed by atoms with Gasteiger partial charge in [0.1, 0.15) is 35.4 Å². The van der Waals surface area contributed by atoms with Crippen LogP contribution in [0.3, 0.4) is 0 Å². The molecular formula is C16H14FN7O. The van der Waals surface area contributed by atoms with Gasteiger partial charge in [0.25, 0.3) is 0 Å². The van der Waals surface area contributed by atoms with E-state index in [4.69, 9.17) is 10.5 Å². The van der Waals surface area contributed by atoms with Crippen LogP contribution in [0.4, 0.5) is 16.2 Å². The molecule has 0 spiro atoms. The van der Waals surface area contributed by atoms with Crippen molar-refractivity contribution in [2.75, 3.05) is 17.7 Å². The summed E-state index contributed by atoms with van der Waals surface area (Å²) in [5, 5.41) is 12.3. The number of aromatic nitrogens is 4. The van der Waals surface area contributed by atoms with Crippen LogP contribution < -0.4 is 15.8 Å². The number of ether oxygens (including phenoxy) is 1. The predicted octanol–water partition coefficient (Wildman–Crippen LogP) is 1.98. The average Bonchev–Trinajstić information content (AvgIpc) is 2.99. The summed E-state index contributed by atoms with van der Waals surface area (Å²) in [5.41, 5.74) is 7.18. The molecule has 0 amide bonds. The molecule has 0 fully saturated rings. The lowest BCUT2D eigenvalue weighted by Gasteiger charge is -2.21. The first-order valence-electron chi connectivity index (χ1n) is 7.69. The van der Waals surface area contributed by atoms with Gasteiger partial charge in [0.05, 0.1) is 24.3 Å². The molecule has 1 aliphatic rings. The molecule has 0 saturated carbocycles. The zero-order valence-electron chi connectivity index (χ0n) is 13.3. The lowest BCUT2D eigenvalue weighted by molar-refractivity contribution is 0.270. The zero-order chi connectivity index (χ0) is 17.6. The van der Waals surface area contributed by atoms with Gasteiger partial charge in [-0.25, -0.2) is 14.4 Å². The highest BCUT2D eigenvalue weighted by atomic mass is 19.1. The largest absolute Gasteiger partial charge is 0.486 e. The van der Waals surface area contributed by atoms with Crippen LogP contribution in [0.2, 0.25) is 0 Å². The Balaban J connectivity index is 1.77. The van der Waals surface area contributed by atoms with Crippen LogP contribution in [-0.4, -0.2) is 26.1 Å². The molecule has 1 unspecified atom stereocenters. The van der Waals surface area contributed by atoms with E-state index in [0.29, 0.717) is 35.8 Å². The first-order valence-corrected chi connectivity index (χ1v) is 7.69. The first kappa shape index (κ1) is 15.1. The molecule has 1 atom stereocenters. The Kier molecular flexibility index (Phi) is 3.39. The molecular weight excluding hydrogens is 325 g/mol. The fraction of sp³-hybridized carbons (Fsp3) is 0.250. The maximum Gasteiger partial charge on any atom is 0.222 e. The Labute approximate surface area is 142 Å². The molecule has 1 aromatic carbocycles. The summed E-state index contributed by atoms with van der Waals surface area (Å²) in [6.45, 7) is 2.81. The Morgan fingerprint density at radius 1 is 1.44 bits per heavy atom. The highest BCUT2D eigenvalue weighted by Gasteiger charge is 2.25. The van der Waals surface area contributed by atoms with Gasteiger partial charge in [0.15, 0.2) is 11.6 Å². The highest BCUT2D eigenvalue weighted by molar-refractivity contribution is 5.83. The SMILES string of the molecule is CC(Nc1nc(N)ncc1C#N)c1nc2ccc(F)c3c2n1CCO3. The van der Waals surface area contributed by atoms with Gasteiger partial charge in [0, 0.05) is 0 Å². The third-order valence-corrected chi connectivity index (χ3v) is 4.07. The van der Waals surface area contributed by atoms with Crippen molar-refractivity contribution in [2.45, 2.75) is 19.5 Å². The smallest absolute Gasteiger partial charge is 0.222 e.